The Morgan fingerprint density at radius 2 is 1.73 bits per heavy atom. The zero-order chi connectivity index (χ0) is 25.4. The van der Waals surface area contributed by atoms with Crippen molar-refractivity contribution >= 4 is 27.8 Å². The molecule has 2 saturated heterocycles. The van der Waals surface area contributed by atoms with Crippen molar-refractivity contribution in [1.82, 2.24) is 35.1 Å². The van der Waals surface area contributed by atoms with Crippen LogP contribution in [0, 0.1) is 0 Å². The molecule has 1 aromatic carbocycles. The van der Waals surface area contributed by atoms with Crippen molar-refractivity contribution in [3.05, 3.63) is 48.5 Å². The molecule has 9 nitrogen and oxygen atoms in total. The second-order valence-electron chi connectivity index (χ2n) is 10.4. The summed E-state index contributed by atoms with van der Waals surface area (Å²) in [5.41, 5.74) is 4.14. The first-order valence-corrected chi connectivity index (χ1v) is 13.1. The van der Waals surface area contributed by atoms with E-state index in [0.29, 0.717) is 11.4 Å². The van der Waals surface area contributed by atoms with Crippen LogP contribution in [0.25, 0.3) is 33.1 Å². The summed E-state index contributed by atoms with van der Waals surface area (Å²) in [5.74, 6) is 0.550. The SMILES string of the molecule is CN1CCC(NC(=O)c2cnc3[nH]cc(-c4ccc5ncnc(OC6CCN(C)CC6)c5c4)c3c2)CC1. The van der Waals surface area contributed by atoms with Gasteiger partial charge in [0.15, 0.2) is 0 Å². The molecule has 2 aliphatic heterocycles. The van der Waals surface area contributed by atoms with Gasteiger partial charge in [-0.25, -0.2) is 15.0 Å². The van der Waals surface area contributed by atoms with Gasteiger partial charge in [0.05, 0.1) is 16.5 Å². The molecule has 0 unspecified atom stereocenters. The number of carbonyl (C=O) groups is 1. The third kappa shape index (κ3) is 5.01. The number of carbonyl (C=O) groups excluding carboxylic acids is 1. The molecular formula is C28H33N7O2. The molecular weight excluding hydrogens is 466 g/mol. The highest BCUT2D eigenvalue weighted by Crippen LogP contribution is 2.33. The Bertz CT molecular complexity index is 1420. The summed E-state index contributed by atoms with van der Waals surface area (Å²) in [6, 6.07) is 8.25. The van der Waals surface area contributed by atoms with Gasteiger partial charge in [-0.05, 0) is 76.6 Å². The number of rotatable bonds is 5. The zero-order valence-corrected chi connectivity index (χ0v) is 21.4. The minimum Gasteiger partial charge on any atom is -0.474 e. The second-order valence-corrected chi connectivity index (χ2v) is 10.4. The van der Waals surface area contributed by atoms with Gasteiger partial charge in [-0.15, -0.1) is 0 Å². The highest BCUT2D eigenvalue weighted by atomic mass is 16.5. The molecule has 2 fully saturated rings. The van der Waals surface area contributed by atoms with Crippen LogP contribution in [0.4, 0.5) is 0 Å². The van der Waals surface area contributed by atoms with Crippen LogP contribution in [0.5, 0.6) is 5.88 Å². The normalized spacial score (nSPS) is 18.4. The Morgan fingerprint density at radius 1 is 0.973 bits per heavy atom. The maximum absolute atomic E-state index is 13.0. The Kier molecular flexibility index (Phi) is 6.48. The van der Waals surface area contributed by atoms with Gasteiger partial charge in [-0.1, -0.05) is 6.07 Å². The van der Waals surface area contributed by atoms with Crippen LogP contribution in [0.3, 0.4) is 0 Å². The number of nitrogens with one attached hydrogen (secondary N) is 2. The Labute approximate surface area is 216 Å². The lowest BCUT2D eigenvalue weighted by molar-refractivity contribution is 0.0916. The Balaban J connectivity index is 1.28. The molecule has 2 N–H and O–H groups in total. The maximum Gasteiger partial charge on any atom is 0.253 e. The van der Waals surface area contributed by atoms with Crippen molar-refractivity contribution in [2.75, 3.05) is 40.3 Å². The van der Waals surface area contributed by atoms with Gasteiger partial charge in [0.25, 0.3) is 5.91 Å². The minimum absolute atomic E-state index is 0.0724. The number of nitrogens with zero attached hydrogens (tertiary/aromatic N) is 5. The van der Waals surface area contributed by atoms with Gasteiger partial charge in [0, 0.05) is 42.5 Å². The molecule has 192 valence electrons. The molecule has 0 radical (unpaired) electrons. The Hall–Kier alpha value is -3.56. The molecule has 5 heterocycles. The number of aromatic nitrogens is 4. The number of ether oxygens (including phenoxy) is 1. The van der Waals surface area contributed by atoms with Crippen LogP contribution < -0.4 is 10.1 Å². The molecule has 0 aliphatic carbocycles. The van der Waals surface area contributed by atoms with Crippen molar-refractivity contribution in [2.24, 2.45) is 0 Å². The summed E-state index contributed by atoms with van der Waals surface area (Å²) in [5, 5.41) is 4.99. The number of aromatic amines is 1. The van der Waals surface area contributed by atoms with E-state index in [4.69, 9.17) is 4.74 Å². The topological polar surface area (TPSA) is 99.3 Å². The molecule has 0 atom stereocenters. The van der Waals surface area contributed by atoms with E-state index < -0.39 is 0 Å². The van der Waals surface area contributed by atoms with Crippen molar-refractivity contribution in [3.8, 4) is 17.0 Å². The lowest BCUT2D eigenvalue weighted by atomic mass is 10.0. The standard InChI is InChI=1S/C28H33N7O2/c1-34-9-5-20(6-10-34)33-27(36)19-14-22-24(16-30-26(22)29-15-19)18-3-4-25-23(13-18)28(32-17-31-25)37-21-7-11-35(2)12-8-21/h3-4,13-17,20-21H,5-12H2,1-2H3,(H,29,30)(H,33,36). The fourth-order valence-corrected chi connectivity index (χ4v) is 5.34. The number of likely N-dealkylation sites (tertiary alicyclic amines) is 2. The summed E-state index contributed by atoms with van der Waals surface area (Å²) in [7, 11) is 4.26. The maximum atomic E-state index is 13.0. The number of amides is 1. The molecule has 4 aromatic rings. The largest absolute Gasteiger partial charge is 0.474 e. The van der Waals surface area contributed by atoms with E-state index in [9.17, 15) is 4.79 Å². The number of benzene rings is 1. The van der Waals surface area contributed by atoms with Crippen molar-refractivity contribution in [2.45, 2.75) is 37.8 Å². The third-order valence-corrected chi connectivity index (χ3v) is 7.70. The highest BCUT2D eigenvalue weighted by Gasteiger charge is 2.22. The van der Waals surface area contributed by atoms with Gasteiger partial charge >= 0.3 is 0 Å². The molecule has 0 saturated carbocycles. The second kappa shape index (κ2) is 10.1. The van der Waals surface area contributed by atoms with E-state index in [0.717, 1.165) is 84.9 Å². The van der Waals surface area contributed by atoms with E-state index in [1.165, 1.54) is 0 Å². The van der Waals surface area contributed by atoms with Gasteiger partial charge in [0.2, 0.25) is 5.88 Å². The zero-order valence-electron chi connectivity index (χ0n) is 21.4. The first kappa shape index (κ1) is 23.8. The first-order valence-electron chi connectivity index (χ1n) is 13.1. The smallest absolute Gasteiger partial charge is 0.253 e. The van der Waals surface area contributed by atoms with E-state index in [1.807, 2.05) is 24.4 Å². The monoisotopic (exact) mass is 499 g/mol. The molecule has 6 rings (SSSR count). The number of pyridine rings is 1. The predicted molar refractivity (Wildman–Crippen MR) is 144 cm³/mol. The van der Waals surface area contributed by atoms with E-state index in [1.54, 1.807) is 12.5 Å². The lowest BCUT2D eigenvalue weighted by Gasteiger charge is -2.29. The summed E-state index contributed by atoms with van der Waals surface area (Å²) < 4.78 is 6.35. The fraction of sp³-hybridized carbons (Fsp3) is 0.429. The minimum atomic E-state index is -0.0724. The van der Waals surface area contributed by atoms with Crippen molar-refractivity contribution in [3.63, 3.8) is 0 Å². The van der Waals surface area contributed by atoms with E-state index in [-0.39, 0.29) is 18.1 Å². The van der Waals surface area contributed by atoms with Crippen LogP contribution in [0.1, 0.15) is 36.0 Å². The highest BCUT2D eigenvalue weighted by molar-refractivity contribution is 6.02. The number of H-pyrrole nitrogens is 1. The first-order chi connectivity index (χ1) is 18.0. The van der Waals surface area contributed by atoms with Crippen molar-refractivity contribution in [1.29, 1.82) is 0 Å². The summed E-state index contributed by atoms with van der Waals surface area (Å²) >= 11 is 0. The average Bonchev–Trinajstić information content (AvgIpc) is 3.34. The Morgan fingerprint density at radius 3 is 2.51 bits per heavy atom. The van der Waals surface area contributed by atoms with Gasteiger partial charge in [-0.3, -0.25) is 4.79 Å². The van der Waals surface area contributed by atoms with Crippen LogP contribution >= 0.6 is 0 Å². The van der Waals surface area contributed by atoms with E-state index >= 15 is 0 Å². The summed E-state index contributed by atoms with van der Waals surface area (Å²) in [6.07, 6.45) is 9.21. The predicted octanol–water partition coefficient (Wildman–Crippen LogP) is 3.47. The fourth-order valence-electron chi connectivity index (χ4n) is 5.34. The third-order valence-electron chi connectivity index (χ3n) is 7.70. The van der Waals surface area contributed by atoms with Crippen LogP contribution in [0.2, 0.25) is 0 Å². The number of hydrogen-bond acceptors (Lipinski definition) is 7. The molecule has 37 heavy (non-hydrogen) atoms. The van der Waals surface area contributed by atoms with Gasteiger partial charge in [-0.2, -0.15) is 0 Å². The number of fused-ring (bicyclic) bond motifs is 2. The van der Waals surface area contributed by atoms with Crippen molar-refractivity contribution < 1.29 is 9.53 Å². The quantitative estimate of drug-likeness (QED) is 0.434. The molecule has 3 aromatic heterocycles. The van der Waals surface area contributed by atoms with Gasteiger partial charge < -0.3 is 24.8 Å². The van der Waals surface area contributed by atoms with E-state index in [2.05, 4.69) is 55.2 Å². The molecule has 0 spiro atoms. The lowest BCUT2D eigenvalue weighted by Crippen LogP contribution is -2.43. The number of hydrogen-bond donors (Lipinski definition) is 2. The molecule has 0 bridgehead atoms. The molecule has 9 heteroatoms. The summed E-state index contributed by atoms with van der Waals surface area (Å²) in [6.45, 7) is 4.04. The molecule has 1 amide bonds. The summed E-state index contributed by atoms with van der Waals surface area (Å²) in [4.78, 5) is 34.4. The van der Waals surface area contributed by atoms with Crippen LogP contribution in [0.15, 0.2) is 43.0 Å². The number of piperidine rings is 2. The molecule has 2 aliphatic rings. The van der Waals surface area contributed by atoms with Crippen LogP contribution in [-0.4, -0.2) is 88.1 Å². The average molecular weight is 500 g/mol. The van der Waals surface area contributed by atoms with Crippen LogP contribution in [-0.2, 0) is 0 Å². The van der Waals surface area contributed by atoms with Gasteiger partial charge in [0.1, 0.15) is 18.1 Å².